The maximum absolute atomic E-state index is 11.7. The second-order valence-electron chi connectivity index (χ2n) is 3.52. The number of phenolic OH excluding ortho intramolecular Hbond substituents is 1. The second-order valence-corrected chi connectivity index (χ2v) is 3.52. The Balaban J connectivity index is 2.63. The summed E-state index contributed by atoms with van der Waals surface area (Å²) >= 11 is 0. The maximum atomic E-state index is 11.7. The van der Waals surface area contributed by atoms with Crippen molar-refractivity contribution in [2.45, 2.75) is 6.61 Å². The van der Waals surface area contributed by atoms with Gasteiger partial charge in [-0.05, 0) is 17.5 Å². The molecule has 0 unspecified atom stereocenters. The van der Waals surface area contributed by atoms with Crippen LogP contribution in [0.25, 0.3) is 10.8 Å². The van der Waals surface area contributed by atoms with Gasteiger partial charge in [0, 0.05) is 6.07 Å². The Kier molecular flexibility index (Phi) is 3.18. The Morgan fingerprint density at radius 1 is 1.39 bits per heavy atom. The van der Waals surface area contributed by atoms with Crippen molar-refractivity contribution in [3.63, 3.8) is 0 Å². The van der Waals surface area contributed by atoms with Gasteiger partial charge in [0.15, 0.2) is 0 Å². The number of rotatable bonds is 4. The van der Waals surface area contributed by atoms with E-state index in [9.17, 15) is 14.7 Å². The molecule has 2 aromatic rings. The molecule has 0 amide bonds. The quantitative estimate of drug-likeness (QED) is 0.820. The molecule has 0 saturated heterocycles. The van der Waals surface area contributed by atoms with Crippen LogP contribution in [0.15, 0.2) is 27.4 Å². The Morgan fingerprint density at radius 2 is 2.17 bits per heavy atom. The minimum atomic E-state index is -0.697. The van der Waals surface area contributed by atoms with Crippen molar-refractivity contribution in [2.24, 2.45) is 0 Å². The number of hydrogen-bond acceptors (Lipinski definition) is 6. The summed E-state index contributed by atoms with van der Waals surface area (Å²) in [5.74, 6) is 0.376. The van der Waals surface area contributed by atoms with Crippen LogP contribution in [0.3, 0.4) is 0 Å². The predicted octanol–water partition coefficient (Wildman–Crippen LogP) is 1.18. The normalized spacial score (nSPS) is 10.3. The third-order valence-electron chi connectivity index (χ3n) is 2.40. The van der Waals surface area contributed by atoms with Crippen molar-refractivity contribution in [3.8, 4) is 11.5 Å². The van der Waals surface area contributed by atoms with Gasteiger partial charge >= 0.3 is 5.63 Å². The van der Waals surface area contributed by atoms with Crippen LogP contribution >= 0.6 is 0 Å². The van der Waals surface area contributed by atoms with E-state index in [0.29, 0.717) is 11.1 Å². The third-order valence-corrected chi connectivity index (χ3v) is 2.40. The molecular weight excluding hydrogens is 240 g/mol. The zero-order valence-electron chi connectivity index (χ0n) is 9.50. The summed E-state index contributed by atoms with van der Waals surface area (Å²) in [5, 5.41) is 10.2. The van der Waals surface area contributed by atoms with Crippen LogP contribution in [-0.4, -0.2) is 18.7 Å². The third kappa shape index (κ3) is 2.13. The van der Waals surface area contributed by atoms with Gasteiger partial charge in [0.2, 0.25) is 0 Å². The molecule has 94 valence electrons. The van der Waals surface area contributed by atoms with Gasteiger partial charge in [-0.2, -0.15) is 0 Å². The van der Waals surface area contributed by atoms with Crippen molar-refractivity contribution in [1.82, 2.24) is 0 Å². The van der Waals surface area contributed by atoms with Gasteiger partial charge in [0.25, 0.3) is 6.47 Å². The first-order valence-electron chi connectivity index (χ1n) is 5.04. The number of phenols is 1. The molecule has 0 radical (unpaired) electrons. The number of methoxy groups -OCH3 is 1. The first-order chi connectivity index (χ1) is 8.65. The molecule has 0 atom stereocenters. The lowest BCUT2D eigenvalue weighted by Gasteiger charge is -2.05. The van der Waals surface area contributed by atoms with Crippen LogP contribution in [0.4, 0.5) is 0 Å². The zero-order chi connectivity index (χ0) is 13.1. The molecule has 0 aliphatic carbocycles. The van der Waals surface area contributed by atoms with E-state index in [-0.39, 0.29) is 30.0 Å². The zero-order valence-corrected chi connectivity index (χ0v) is 9.50. The molecule has 0 aliphatic rings. The summed E-state index contributed by atoms with van der Waals surface area (Å²) in [6.45, 7) is 0.111. The molecule has 0 saturated carbocycles. The summed E-state index contributed by atoms with van der Waals surface area (Å²) in [4.78, 5) is 21.8. The SMILES string of the molecule is COc1cc(O)c2c(=O)oc(COC=O)cc2c1. The Bertz CT molecular complexity index is 643. The van der Waals surface area contributed by atoms with Crippen LogP contribution in [-0.2, 0) is 16.1 Å². The number of aromatic hydroxyl groups is 1. The standard InChI is InChI=1S/C12H10O6/c1-16-8-2-7-3-9(5-17-6-13)18-12(15)11(7)10(14)4-8/h2-4,6,14H,5H2,1H3. The van der Waals surface area contributed by atoms with Crippen LogP contribution in [0.5, 0.6) is 11.5 Å². The number of ether oxygens (including phenoxy) is 2. The van der Waals surface area contributed by atoms with Gasteiger partial charge in [-0.1, -0.05) is 0 Å². The van der Waals surface area contributed by atoms with Crippen molar-refractivity contribution in [2.75, 3.05) is 7.11 Å². The molecule has 1 heterocycles. The van der Waals surface area contributed by atoms with Crippen molar-refractivity contribution < 1.29 is 23.8 Å². The van der Waals surface area contributed by atoms with E-state index in [1.165, 1.54) is 19.2 Å². The molecule has 18 heavy (non-hydrogen) atoms. The lowest BCUT2D eigenvalue weighted by molar-refractivity contribution is -0.130. The fraction of sp³-hybridized carbons (Fsp3) is 0.167. The van der Waals surface area contributed by atoms with Crippen LogP contribution in [0.2, 0.25) is 0 Å². The minimum absolute atomic E-state index is 0.0608. The first-order valence-corrected chi connectivity index (χ1v) is 5.04. The van der Waals surface area contributed by atoms with Crippen molar-refractivity contribution in [3.05, 3.63) is 34.4 Å². The Labute approximate surface area is 101 Å². The molecule has 1 N–H and O–H groups in total. The largest absolute Gasteiger partial charge is 0.507 e. The summed E-state index contributed by atoms with van der Waals surface area (Å²) in [7, 11) is 1.45. The van der Waals surface area contributed by atoms with Gasteiger partial charge in [-0.15, -0.1) is 0 Å². The van der Waals surface area contributed by atoms with Crippen molar-refractivity contribution >= 4 is 17.2 Å². The van der Waals surface area contributed by atoms with E-state index in [2.05, 4.69) is 4.74 Å². The highest BCUT2D eigenvalue weighted by Gasteiger charge is 2.11. The van der Waals surface area contributed by atoms with E-state index in [0.717, 1.165) is 0 Å². The smallest absolute Gasteiger partial charge is 0.347 e. The highest BCUT2D eigenvalue weighted by atomic mass is 16.5. The molecule has 0 aliphatic heterocycles. The topological polar surface area (TPSA) is 86.0 Å². The maximum Gasteiger partial charge on any atom is 0.347 e. The summed E-state index contributed by atoms with van der Waals surface area (Å²) in [6, 6.07) is 4.40. The average Bonchev–Trinajstić information content (AvgIpc) is 2.35. The molecule has 0 fully saturated rings. The summed E-state index contributed by atoms with van der Waals surface area (Å²) < 4.78 is 14.4. The second kappa shape index (κ2) is 4.79. The fourth-order valence-electron chi connectivity index (χ4n) is 1.64. The van der Waals surface area contributed by atoms with Crippen LogP contribution in [0.1, 0.15) is 5.76 Å². The molecule has 0 bridgehead atoms. The number of fused-ring (bicyclic) bond motifs is 1. The molecule has 2 rings (SSSR count). The molecule has 6 nitrogen and oxygen atoms in total. The molecular formula is C12H10O6. The Morgan fingerprint density at radius 3 is 2.83 bits per heavy atom. The molecule has 0 spiro atoms. The van der Waals surface area contributed by atoms with Crippen LogP contribution in [0, 0.1) is 0 Å². The number of carbonyl (C=O) groups is 1. The lowest BCUT2D eigenvalue weighted by Crippen LogP contribution is -2.04. The van der Waals surface area contributed by atoms with Crippen molar-refractivity contribution in [1.29, 1.82) is 0 Å². The van der Waals surface area contributed by atoms with E-state index < -0.39 is 5.63 Å². The summed E-state index contributed by atoms with van der Waals surface area (Å²) in [5.41, 5.74) is -0.697. The van der Waals surface area contributed by atoms with Crippen LogP contribution < -0.4 is 10.4 Å². The van der Waals surface area contributed by atoms with Gasteiger partial charge in [0.1, 0.15) is 29.3 Å². The number of carbonyl (C=O) groups excluding carboxylic acids is 1. The monoisotopic (exact) mass is 250 g/mol. The summed E-state index contributed by atoms with van der Waals surface area (Å²) in [6.07, 6.45) is 0. The molecule has 1 aromatic carbocycles. The highest BCUT2D eigenvalue weighted by Crippen LogP contribution is 2.28. The van der Waals surface area contributed by atoms with Gasteiger partial charge in [-0.3, -0.25) is 4.79 Å². The van der Waals surface area contributed by atoms with E-state index in [1.54, 1.807) is 6.07 Å². The number of hydrogen-bond donors (Lipinski definition) is 1. The van der Waals surface area contributed by atoms with Gasteiger partial charge in [-0.25, -0.2) is 4.79 Å². The van der Waals surface area contributed by atoms with E-state index in [1.807, 2.05) is 0 Å². The van der Waals surface area contributed by atoms with Gasteiger partial charge < -0.3 is 19.0 Å². The van der Waals surface area contributed by atoms with E-state index in [4.69, 9.17) is 9.15 Å². The van der Waals surface area contributed by atoms with Gasteiger partial charge in [0.05, 0.1) is 7.11 Å². The highest BCUT2D eigenvalue weighted by molar-refractivity contribution is 5.88. The fourth-order valence-corrected chi connectivity index (χ4v) is 1.64. The molecule has 6 heteroatoms. The predicted molar refractivity (Wildman–Crippen MR) is 61.6 cm³/mol. The van der Waals surface area contributed by atoms with E-state index >= 15 is 0 Å². The minimum Gasteiger partial charge on any atom is -0.507 e. The average molecular weight is 250 g/mol. The number of benzene rings is 1. The lowest BCUT2D eigenvalue weighted by atomic mass is 10.1. The Hall–Kier alpha value is -2.50. The first kappa shape index (κ1) is 12.0. The molecule has 1 aromatic heterocycles.